The van der Waals surface area contributed by atoms with Gasteiger partial charge in [-0.2, -0.15) is 0 Å². The third-order valence-electron chi connectivity index (χ3n) is 1.85. The summed E-state index contributed by atoms with van der Waals surface area (Å²) in [6.45, 7) is 4.89. The van der Waals surface area contributed by atoms with Gasteiger partial charge in [0.15, 0.2) is 0 Å². The molecule has 0 unspecified atom stereocenters. The summed E-state index contributed by atoms with van der Waals surface area (Å²) in [6, 6.07) is 3.82. The van der Waals surface area contributed by atoms with Gasteiger partial charge in [0.25, 0.3) is 0 Å². The minimum Gasteiger partial charge on any atom is -0.495 e. The van der Waals surface area contributed by atoms with Crippen molar-refractivity contribution in [1.82, 2.24) is 0 Å². The number of halogens is 1. The molecule has 1 N–H and O–H groups in total. The van der Waals surface area contributed by atoms with Crippen molar-refractivity contribution < 1.29 is 4.74 Å². The Kier molecular flexibility index (Phi) is 3.43. The highest BCUT2D eigenvalue weighted by atomic mass is 35.5. The zero-order valence-electron chi connectivity index (χ0n) is 8.15. The lowest BCUT2D eigenvalue weighted by molar-refractivity contribution is 0.416. The van der Waals surface area contributed by atoms with Gasteiger partial charge in [0.1, 0.15) is 5.75 Å². The third kappa shape index (κ3) is 2.28. The van der Waals surface area contributed by atoms with Gasteiger partial charge in [0, 0.05) is 17.6 Å². The van der Waals surface area contributed by atoms with E-state index in [4.69, 9.17) is 16.3 Å². The molecule has 0 aliphatic carbocycles. The highest BCUT2D eigenvalue weighted by Crippen LogP contribution is 2.30. The van der Waals surface area contributed by atoms with Gasteiger partial charge in [-0.25, -0.2) is 0 Å². The second kappa shape index (κ2) is 4.38. The Morgan fingerprint density at radius 2 is 2.15 bits per heavy atom. The van der Waals surface area contributed by atoms with Crippen LogP contribution in [0, 0.1) is 6.92 Å². The molecule has 0 bridgehead atoms. The van der Waals surface area contributed by atoms with Gasteiger partial charge in [-0.05, 0) is 25.5 Å². The quantitative estimate of drug-likeness (QED) is 0.808. The van der Waals surface area contributed by atoms with Gasteiger partial charge in [0.2, 0.25) is 0 Å². The number of nitrogens with one attached hydrogen (secondary N) is 1. The monoisotopic (exact) mass is 199 g/mol. The summed E-state index contributed by atoms with van der Waals surface area (Å²) in [7, 11) is 1.64. The Bertz CT molecular complexity index is 299. The maximum atomic E-state index is 5.96. The number of aryl methyl sites for hydroxylation is 1. The minimum absolute atomic E-state index is 0.735. The molecule has 0 amide bonds. The van der Waals surface area contributed by atoms with Crippen molar-refractivity contribution in [3.63, 3.8) is 0 Å². The molecule has 3 heteroatoms. The molecule has 1 aromatic rings. The first-order valence-corrected chi connectivity index (χ1v) is 4.64. The van der Waals surface area contributed by atoms with Crippen LogP contribution >= 0.6 is 11.6 Å². The zero-order valence-corrected chi connectivity index (χ0v) is 8.90. The summed E-state index contributed by atoms with van der Waals surface area (Å²) in [5.74, 6) is 0.789. The van der Waals surface area contributed by atoms with E-state index in [2.05, 4.69) is 5.32 Å². The van der Waals surface area contributed by atoms with Crippen molar-refractivity contribution in [2.24, 2.45) is 0 Å². The lowest BCUT2D eigenvalue weighted by Gasteiger charge is -2.11. The molecule has 0 aliphatic heterocycles. The lowest BCUT2D eigenvalue weighted by atomic mass is 10.2. The van der Waals surface area contributed by atoms with Gasteiger partial charge in [-0.1, -0.05) is 11.6 Å². The smallest absolute Gasteiger partial charge is 0.143 e. The highest BCUT2D eigenvalue weighted by molar-refractivity contribution is 6.31. The number of methoxy groups -OCH3 is 1. The van der Waals surface area contributed by atoms with Gasteiger partial charge in [-0.15, -0.1) is 0 Å². The molecule has 0 aliphatic rings. The van der Waals surface area contributed by atoms with Crippen molar-refractivity contribution in [2.45, 2.75) is 13.8 Å². The van der Waals surface area contributed by atoms with Crippen LogP contribution in [0.5, 0.6) is 5.75 Å². The van der Waals surface area contributed by atoms with Gasteiger partial charge < -0.3 is 10.1 Å². The highest BCUT2D eigenvalue weighted by Gasteiger charge is 2.05. The van der Waals surface area contributed by atoms with Crippen molar-refractivity contribution in [3.8, 4) is 5.75 Å². The molecule has 0 saturated heterocycles. The molecule has 0 spiro atoms. The second-order valence-corrected chi connectivity index (χ2v) is 3.24. The first-order valence-electron chi connectivity index (χ1n) is 4.27. The second-order valence-electron chi connectivity index (χ2n) is 2.83. The summed E-state index contributed by atoms with van der Waals surface area (Å²) < 4.78 is 5.19. The first-order chi connectivity index (χ1) is 6.19. The molecule has 0 heterocycles. The number of ether oxygens (including phenoxy) is 1. The van der Waals surface area contributed by atoms with Crippen molar-refractivity contribution in [1.29, 1.82) is 0 Å². The minimum atomic E-state index is 0.735. The van der Waals surface area contributed by atoms with Crippen LogP contribution in [-0.2, 0) is 0 Å². The molecule has 1 rings (SSSR count). The SMILES string of the molecule is CCNc1cc(C)c(Cl)cc1OC. The average molecular weight is 200 g/mol. The molecule has 13 heavy (non-hydrogen) atoms. The topological polar surface area (TPSA) is 21.3 Å². The van der Waals surface area contributed by atoms with E-state index < -0.39 is 0 Å². The molecule has 0 fully saturated rings. The predicted octanol–water partition coefficient (Wildman–Crippen LogP) is 3.09. The van der Waals surface area contributed by atoms with Crippen LogP contribution < -0.4 is 10.1 Å². The largest absolute Gasteiger partial charge is 0.495 e. The normalized spacial score (nSPS) is 9.85. The van der Waals surface area contributed by atoms with Crippen LogP contribution in [0.1, 0.15) is 12.5 Å². The van der Waals surface area contributed by atoms with Crippen LogP contribution in [0.15, 0.2) is 12.1 Å². The Balaban J connectivity index is 3.09. The summed E-state index contributed by atoms with van der Waals surface area (Å²) in [4.78, 5) is 0. The van der Waals surface area contributed by atoms with E-state index in [0.717, 1.165) is 28.6 Å². The Morgan fingerprint density at radius 1 is 1.46 bits per heavy atom. The van der Waals surface area contributed by atoms with Crippen molar-refractivity contribution in [2.75, 3.05) is 19.0 Å². The van der Waals surface area contributed by atoms with Crippen LogP contribution in [0.3, 0.4) is 0 Å². The van der Waals surface area contributed by atoms with E-state index in [9.17, 15) is 0 Å². The van der Waals surface area contributed by atoms with E-state index in [1.165, 1.54) is 0 Å². The van der Waals surface area contributed by atoms with Crippen molar-refractivity contribution in [3.05, 3.63) is 22.7 Å². The molecule has 0 aromatic heterocycles. The standard InChI is InChI=1S/C10H14ClNO/c1-4-12-9-5-7(2)8(11)6-10(9)13-3/h5-6,12H,4H2,1-3H3. The fraction of sp³-hybridized carbons (Fsp3) is 0.400. The number of hydrogen-bond donors (Lipinski definition) is 1. The summed E-state index contributed by atoms with van der Waals surface area (Å²) >= 11 is 5.96. The Labute approximate surface area is 83.9 Å². The van der Waals surface area contributed by atoms with Crippen molar-refractivity contribution >= 4 is 17.3 Å². The van der Waals surface area contributed by atoms with E-state index in [0.29, 0.717) is 0 Å². The molecule has 2 nitrogen and oxygen atoms in total. The predicted molar refractivity (Wildman–Crippen MR) is 56.9 cm³/mol. The summed E-state index contributed by atoms with van der Waals surface area (Å²) in [6.07, 6.45) is 0. The number of hydrogen-bond acceptors (Lipinski definition) is 2. The molecular formula is C10H14ClNO. The fourth-order valence-corrected chi connectivity index (χ4v) is 1.31. The third-order valence-corrected chi connectivity index (χ3v) is 2.26. The zero-order chi connectivity index (χ0) is 9.84. The van der Waals surface area contributed by atoms with Crippen LogP contribution in [0.25, 0.3) is 0 Å². The Hall–Kier alpha value is -0.890. The van der Waals surface area contributed by atoms with Crippen LogP contribution in [0.4, 0.5) is 5.69 Å². The average Bonchev–Trinajstić information content (AvgIpc) is 2.11. The maximum Gasteiger partial charge on any atom is 0.143 e. The first kappa shape index (κ1) is 10.2. The lowest BCUT2D eigenvalue weighted by Crippen LogP contribution is -1.99. The van der Waals surface area contributed by atoms with E-state index >= 15 is 0 Å². The van der Waals surface area contributed by atoms with Gasteiger partial charge in [0.05, 0.1) is 12.8 Å². The Morgan fingerprint density at radius 3 is 2.69 bits per heavy atom. The fourth-order valence-electron chi connectivity index (χ4n) is 1.16. The molecule has 72 valence electrons. The molecule has 0 atom stereocenters. The number of anilines is 1. The van der Waals surface area contributed by atoms with E-state index in [-0.39, 0.29) is 0 Å². The number of rotatable bonds is 3. The van der Waals surface area contributed by atoms with Crippen LogP contribution in [0.2, 0.25) is 5.02 Å². The van der Waals surface area contributed by atoms with E-state index in [1.54, 1.807) is 7.11 Å². The van der Waals surface area contributed by atoms with Crippen LogP contribution in [-0.4, -0.2) is 13.7 Å². The molecular weight excluding hydrogens is 186 g/mol. The molecule has 1 aromatic carbocycles. The number of benzene rings is 1. The van der Waals surface area contributed by atoms with Gasteiger partial charge >= 0.3 is 0 Å². The van der Waals surface area contributed by atoms with Gasteiger partial charge in [-0.3, -0.25) is 0 Å². The molecule has 0 radical (unpaired) electrons. The maximum absolute atomic E-state index is 5.96. The summed E-state index contributed by atoms with van der Waals surface area (Å²) in [5, 5.41) is 3.95. The van der Waals surface area contributed by atoms with E-state index in [1.807, 2.05) is 26.0 Å². The molecule has 0 saturated carbocycles. The summed E-state index contributed by atoms with van der Waals surface area (Å²) in [5.41, 5.74) is 2.05.